The van der Waals surface area contributed by atoms with Gasteiger partial charge in [0.15, 0.2) is 0 Å². The van der Waals surface area contributed by atoms with Crippen molar-refractivity contribution in [1.29, 1.82) is 0 Å². The van der Waals surface area contributed by atoms with E-state index in [9.17, 15) is 9.18 Å². The Kier molecular flexibility index (Phi) is 10.2. The van der Waals surface area contributed by atoms with E-state index in [2.05, 4.69) is 38.4 Å². The number of nitrogens with one attached hydrogen (secondary N) is 1. The van der Waals surface area contributed by atoms with Crippen molar-refractivity contribution in [3.05, 3.63) is 138 Å². The molecule has 0 bridgehead atoms. The van der Waals surface area contributed by atoms with Crippen molar-refractivity contribution in [2.24, 2.45) is 0 Å². The first-order valence-electron chi connectivity index (χ1n) is 14.6. The summed E-state index contributed by atoms with van der Waals surface area (Å²) >= 11 is 0. The molecule has 5 rings (SSSR count). The van der Waals surface area contributed by atoms with Crippen LogP contribution in [0.25, 0.3) is 0 Å². The zero-order valence-corrected chi connectivity index (χ0v) is 23.9. The summed E-state index contributed by atoms with van der Waals surface area (Å²) in [4.78, 5) is 22.9. The van der Waals surface area contributed by atoms with Gasteiger partial charge in [-0.15, -0.1) is 0 Å². The van der Waals surface area contributed by atoms with Gasteiger partial charge in [-0.1, -0.05) is 48.5 Å². The van der Waals surface area contributed by atoms with Crippen molar-refractivity contribution in [3.8, 4) is 0 Å². The number of carbonyl (C=O) groups is 1. The third-order valence-electron chi connectivity index (χ3n) is 7.48. The van der Waals surface area contributed by atoms with Gasteiger partial charge in [-0.05, 0) is 85.3 Å². The Morgan fingerprint density at radius 3 is 2.26 bits per heavy atom. The summed E-state index contributed by atoms with van der Waals surface area (Å²) in [6, 6.07) is 30.8. The molecule has 4 aromatic rings. The number of hydrogen-bond donors (Lipinski definition) is 1. The summed E-state index contributed by atoms with van der Waals surface area (Å²) in [7, 11) is 0. The van der Waals surface area contributed by atoms with Gasteiger partial charge in [0.2, 0.25) is 6.41 Å². The number of aromatic nitrogens is 1. The van der Waals surface area contributed by atoms with E-state index in [4.69, 9.17) is 0 Å². The topological polar surface area (TPSA) is 51.7 Å². The van der Waals surface area contributed by atoms with E-state index in [1.54, 1.807) is 4.90 Å². The lowest BCUT2D eigenvalue weighted by molar-refractivity contribution is -0.107. The minimum atomic E-state index is -0.245. The van der Waals surface area contributed by atoms with Gasteiger partial charge in [-0.25, -0.2) is 4.39 Å². The lowest BCUT2D eigenvalue weighted by Gasteiger charge is -2.32. The van der Waals surface area contributed by atoms with E-state index in [0.717, 1.165) is 54.4 Å². The number of anilines is 2. The highest BCUT2D eigenvalue weighted by atomic mass is 19.1. The quantitative estimate of drug-likeness (QED) is 0.181. The van der Waals surface area contributed by atoms with Gasteiger partial charge >= 0.3 is 0 Å². The van der Waals surface area contributed by atoms with E-state index >= 15 is 0 Å². The molecule has 7 heteroatoms. The van der Waals surface area contributed by atoms with Crippen LogP contribution in [-0.2, 0) is 24.3 Å². The van der Waals surface area contributed by atoms with E-state index in [1.165, 1.54) is 37.0 Å². The Bertz CT molecular complexity index is 1410. The van der Waals surface area contributed by atoms with Crippen LogP contribution >= 0.6 is 0 Å². The van der Waals surface area contributed by atoms with Crippen LogP contribution in [0.4, 0.5) is 15.8 Å². The fourth-order valence-electron chi connectivity index (χ4n) is 5.16. The summed E-state index contributed by atoms with van der Waals surface area (Å²) in [5.74, 6) is 0.696. The second kappa shape index (κ2) is 14.8. The number of likely N-dealkylation sites (tertiary alicyclic amines) is 1. The normalized spacial score (nSPS) is 13.5. The monoisotopic (exact) mass is 563 g/mol. The van der Waals surface area contributed by atoms with Gasteiger partial charge in [0, 0.05) is 50.0 Å². The maximum absolute atomic E-state index is 13.7. The Hall–Kier alpha value is -4.65. The maximum Gasteiger partial charge on any atom is 0.214 e. The molecule has 0 radical (unpaired) electrons. The van der Waals surface area contributed by atoms with Crippen LogP contribution in [0.15, 0.2) is 115 Å². The molecule has 0 unspecified atom stereocenters. The van der Waals surface area contributed by atoms with Crippen LogP contribution in [0.5, 0.6) is 0 Å². The van der Waals surface area contributed by atoms with Crippen molar-refractivity contribution < 1.29 is 9.18 Å². The van der Waals surface area contributed by atoms with Crippen LogP contribution in [0.1, 0.15) is 36.1 Å². The average Bonchev–Trinajstić information content (AvgIpc) is 3.04. The van der Waals surface area contributed by atoms with Gasteiger partial charge in [0.1, 0.15) is 11.6 Å². The fourth-order valence-corrected chi connectivity index (χ4v) is 5.16. The molecule has 1 N–H and O–H groups in total. The molecular weight excluding hydrogens is 525 g/mol. The standard InChI is InChI=1S/C35H38FN5O/c36-31-14-12-30(13-15-31)25-41(26-33-11-5-6-21-37-33)35(27-39-22-7-2-8-23-39)38-32-16-18-34(19-17-32)40(28-42)24-20-29-9-3-1-4-10-29/h1,3-6,9-19,21,27-28,38H,2,7-8,20,22-26H2/b35-27-. The van der Waals surface area contributed by atoms with Crippen LogP contribution < -0.4 is 10.2 Å². The van der Waals surface area contributed by atoms with Gasteiger partial charge in [0.25, 0.3) is 0 Å². The Morgan fingerprint density at radius 1 is 0.833 bits per heavy atom. The molecule has 216 valence electrons. The zero-order chi connectivity index (χ0) is 29.0. The van der Waals surface area contributed by atoms with E-state index in [1.807, 2.05) is 79.0 Å². The van der Waals surface area contributed by atoms with Gasteiger partial charge < -0.3 is 20.0 Å². The number of nitrogens with zero attached hydrogens (tertiary/aromatic N) is 4. The Morgan fingerprint density at radius 2 is 1.57 bits per heavy atom. The highest BCUT2D eigenvalue weighted by Crippen LogP contribution is 2.23. The largest absolute Gasteiger partial charge is 0.374 e. The number of pyridine rings is 1. The first-order chi connectivity index (χ1) is 20.7. The van der Waals surface area contributed by atoms with E-state index in [0.29, 0.717) is 19.6 Å². The van der Waals surface area contributed by atoms with Crippen LogP contribution in [0.2, 0.25) is 0 Å². The van der Waals surface area contributed by atoms with Gasteiger partial charge in [0.05, 0.1) is 12.2 Å². The minimum Gasteiger partial charge on any atom is -0.374 e. The number of piperidine rings is 1. The lowest BCUT2D eigenvalue weighted by atomic mass is 10.1. The predicted octanol–water partition coefficient (Wildman–Crippen LogP) is 6.83. The molecule has 0 spiro atoms. The highest BCUT2D eigenvalue weighted by Gasteiger charge is 2.16. The summed E-state index contributed by atoms with van der Waals surface area (Å²) in [5.41, 5.74) is 4.92. The molecule has 0 saturated carbocycles. The maximum atomic E-state index is 13.7. The molecule has 0 atom stereocenters. The van der Waals surface area contributed by atoms with Crippen molar-refractivity contribution in [1.82, 2.24) is 14.8 Å². The Labute approximate surface area is 248 Å². The molecule has 6 nitrogen and oxygen atoms in total. The third-order valence-corrected chi connectivity index (χ3v) is 7.48. The molecule has 1 aliphatic heterocycles. The third kappa shape index (κ3) is 8.43. The summed E-state index contributed by atoms with van der Waals surface area (Å²) in [6.45, 7) is 3.79. The number of amides is 1. The molecule has 1 fully saturated rings. The number of carbonyl (C=O) groups excluding carboxylic acids is 1. The smallest absolute Gasteiger partial charge is 0.214 e. The molecular formula is C35H38FN5O. The highest BCUT2D eigenvalue weighted by molar-refractivity contribution is 5.76. The summed E-state index contributed by atoms with van der Waals surface area (Å²) < 4.78 is 13.7. The first-order valence-corrected chi connectivity index (χ1v) is 14.6. The Balaban J connectivity index is 1.38. The molecule has 1 amide bonds. The number of benzene rings is 3. The van der Waals surface area contributed by atoms with E-state index in [-0.39, 0.29) is 5.82 Å². The summed E-state index contributed by atoms with van der Waals surface area (Å²) in [5, 5.41) is 3.66. The fraction of sp³-hybridized carbons (Fsp3) is 0.257. The molecule has 42 heavy (non-hydrogen) atoms. The number of rotatable bonds is 13. The van der Waals surface area contributed by atoms with Crippen LogP contribution in [0, 0.1) is 5.82 Å². The molecule has 1 aliphatic rings. The molecule has 2 heterocycles. The number of hydrogen-bond acceptors (Lipinski definition) is 5. The molecule has 1 aromatic heterocycles. The zero-order valence-electron chi connectivity index (χ0n) is 23.9. The second-order valence-electron chi connectivity index (χ2n) is 10.6. The lowest BCUT2D eigenvalue weighted by Crippen LogP contribution is -2.32. The SMILES string of the molecule is O=CN(CCc1ccccc1)c1ccc(N/C(=C/N2CCCCC2)N(Cc2ccc(F)cc2)Cc2ccccn2)cc1. The molecule has 1 saturated heterocycles. The molecule has 0 aliphatic carbocycles. The molecule has 3 aromatic carbocycles. The minimum absolute atomic E-state index is 0.245. The first kappa shape index (κ1) is 28.9. The van der Waals surface area contributed by atoms with Crippen molar-refractivity contribution in [2.75, 3.05) is 29.9 Å². The van der Waals surface area contributed by atoms with Crippen molar-refractivity contribution in [3.63, 3.8) is 0 Å². The summed E-state index contributed by atoms with van der Waals surface area (Å²) in [6.07, 6.45) is 9.28. The van der Waals surface area contributed by atoms with E-state index < -0.39 is 0 Å². The average molecular weight is 564 g/mol. The predicted molar refractivity (Wildman–Crippen MR) is 167 cm³/mol. The van der Waals surface area contributed by atoms with Crippen LogP contribution in [0.3, 0.4) is 0 Å². The van der Waals surface area contributed by atoms with Crippen molar-refractivity contribution >= 4 is 17.8 Å². The second-order valence-corrected chi connectivity index (χ2v) is 10.6. The van der Waals surface area contributed by atoms with Gasteiger partial charge in [-0.2, -0.15) is 0 Å². The van der Waals surface area contributed by atoms with Crippen LogP contribution in [-0.4, -0.2) is 40.8 Å². The number of halogens is 1. The van der Waals surface area contributed by atoms with Crippen molar-refractivity contribution in [2.45, 2.75) is 38.8 Å². The van der Waals surface area contributed by atoms with Gasteiger partial charge in [-0.3, -0.25) is 9.78 Å².